The number of piperidine rings is 1. The lowest BCUT2D eigenvalue weighted by atomic mass is 9.88. The van der Waals surface area contributed by atoms with Crippen molar-refractivity contribution in [1.82, 2.24) is 4.90 Å². The van der Waals surface area contributed by atoms with Gasteiger partial charge in [0.15, 0.2) is 0 Å². The van der Waals surface area contributed by atoms with Crippen LogP contribution in [0.1, 0.15) is 47.0 Å². The van der Waals surface area contributed by atoms with Crippen LogP contribution in [0.15, 0.2) is 0 Å². The Morgan fingerprint density at radius 2 is 2.00 bits per heavy atom. The van der Waals surface area contributed by atoms with E-state index in [4.69, 9.17) is 0 Å². The first-order valence-electron chi connectivity index (χ1n) is 5.88. The predicted molar refractivity (Wildman–Crippen MR) is 60.3 cm³/mol. The molecular formula is C12H25NO. The van der Waals surface area contributed by atoms with E-state index in [1.54, 1.807) is 0 Å². The van der Waals surface area contributed by atoms with E-state index in [-0.39, 0.29) is 11.6 Å². The standard InChI is InChI=1S/C12H25NO/c1-5-6-10-9-13(12(2,3)4)8-7-11(10)14/h10-11,14H,5-9H2,1-4H3/t10-,11-/m0/s1. The van der Waals surface area contributed by atoms with E-state index in [0.29, 0.717) is 5.92 Å². The topological polar surface area (TPSA) is 23.5 Å². The molecule has 1 heterocycles. The Morgan fingerprint density at radius 3 is 2.50 bits per heavy atom. The lowest BCUT2D eigenvalue weighted by molar-refractivity contribution is -0.0112. The van der Waals surface area contributed by atoms with Crippen LogP contribution in [-0.4, -0.2) is 34.7 Å². The van der Waals surface area contributed by atoms with Crippen molar-refractivity contribution in [3.05, 3.63) is 0 Å². The number of aliphatic hydroxyl groups is 1. The molecular weight excluding hydrogens is 174 g/mol. The molecule has 2 nitrogen and oxygen atoms in total. The fourth-order valence-electron chi connectivity index (χ4n) is 2.28. The van der Waals surface area contributed by atoms with Crippen molar-refractivity contribution in [2.45, 2.75) is 58.6 Å². The molecule has 0 aliphatic carbocycles. The van der Waals surface area contributed by atoms with Gasteiger partial charge < -0.3 is 5.11 Å². The molecule has 0 unspecified atom stereocenters. The molecule has 1 fully saturated rings. The van der Waals surface area contributed by atoms with E-state index in [2.05, 4.69) is 32.6 Å². The van der Waals surface area contributed by atoms with Crippen molar-refractivity contribution >= 4 is 0 Å². The Kier molecular flexibility index (Phi) is 3.96. The van der Waals surface area contributed by atoms with Crippen molar-refractivity contribution in [1.29, 1.82) is 0 Å². The largest absolute Gasteiger partial charge is 0.393 e. The average molecular weight is 199 g/mol. The van der Waals surface area contributed by atoms with Crippen molar-refractivity contribution in [3.63, 3.8) is 0 Å². The molecule has 14 heavy (non-hydrogen) atoms. The Morgan fingerprint density at radius 1 is 1.36 bits per heavy atom. The molecule has 84 valence electrons. The van der Waals surface area contributed by atoms with Crippen LogP contribution in [0, 0.1) is 5.92 Å². The summed E-state index contributed by atoms with van der Waals surface area (Å²) < 4.78 is 0. The Balaban J connectivity index is 2.53. The minimum atomic E-state index is -0.0615. The van der Waals surface area contributed by atoms with Crippen molar-refractivity contribution in [2.24, 2.45) is 5.92 Å². The van der Waals surface area contributed by atoms with Gasteiger partial charge in [-0.15, -0.1) is 0 Å². The quantitative estimate of drug-likeness (QED) is 0.737. The number of hydrogen-bond acceptors (Lipinski definition) is 2. The number of likely N-dealkylation sites (tertiary alicyclic amines) is 1. The minimum absolute atomic E-state index is 0.0615. The molecule has 1 saturated heterocycles. The Bertz CT molecular complexity index is 174. The third-order valence-corrected chi connectivity index (χ3v) is 3.30. The molecule has 0 amide bonds. The average Bonchev–Trinajstić information content (AvgIpc) is 2.07. The fraction of sp³-hybridized carbons (Fsp3) is 1.00. The first kappa shape index (κ1) is 12.0. The highest BCUT2D eigenvalue weighted by molar-refractivity contribution is 4.86. The summed E-state index contributed by atoms with van der Waals surface area (Å²) in [6.07, 6.45) is 3.23. The van der Waals surface area contributed by atoms with E-state index >= 15 is 0 Å². The van der Waals surface area contributed by atoms with E-state index in [1.165, 1.54) is 6.42 Å². The predicted octanol–water partition coefficient (Wildman–Crippen LogP) is 2.27. The van der Waals surface area contributed by atoms with Gasteiger partial charge in [0.05, 0.1) is 6.10 Å². The highest BCUT2D eigenvalue weighted by Crippen LogP contribution is 2.26. The van der Waals surface area contributed by atoms with Crippen molar-refractivity contribution in [3.8, 4) is 0 Å². The van der Waals surface area contributed by atoms with Crippen LogP contribution in [0.4, 0.5) is 0 Å². The van der Waals surface area contributed by atoms with Crippen LogP contribution in [0.3, 0.4) is 0 Å². The summed E-state index contributed by atoms with van der Waals surface area (Å²) in [5.41, 5.74) is 0.256. The van der Waals surface area contributed by atoms with E-state index in [1.807, 2.05) is 0 Å². The summed E-state index contributed by atoms with van der Waals surface area (Å²) in [7, 11) is 0. The van der Waals surface area contributed by atoms with Crippen LogP contribution < -0.4 is 0 Å². The maximum absolute atomic E-state index is 9.86. The number of rotatable bonds is 2. The third kappa shape index (κ3) is 2.96. The second-order valence-corrected chi connectivity index (χ2v) is 5.52. The fourth-order valence-corrected chi connectivity index (χ4v) is 2.28. The molecule has 0 radical (unpaired) electrons. The van der Waals surface area contributed by atoms with Crippen LogP contribution in [0.5, 0.6) is 0 Å². The van der Waals surface area contributed by atoms with E-state index in [9.17, 15) is 5.11 Å². The van der Waals surface area contributed by atoms with Gasteiger partial charge in [-0.25, -0.2) is 0 Å². The van der Waals surface area contributed by atoms with Gasteiger partial charge in [0.1, 0.15) is 0 Å². The van der Waals surface area contributed by atoms with Gasteiger partial charge in [-0.05, 0) is 39.5 Å². The summed E-state index contributed by atoms with van der Waals surface area (Å²) in [5.74, 6) is 0.493. The smallest absolute Gasteiger partial charge is 0.0592 e. The number of nitrogens with zero attached hydrogens (tertiary/aromatic N) is 1. The van der Waals surface area contributed by atoms with Crippen LogP contribution in [-0.2, 0) is 0 Å². The van der Waals surface area contributed by atoms with Crippen LogP contribution in [0.2, 0.25) is 0 Å². The SMILES string of the molecule is CCC[C@H]1CN(C(C)(C)C)CC[C@@H]1O. The molecule has 1 aliphatic rings. The summed E-state index contributed by atoms with van der Waals surface area (Å²) in [5, 5.41) is 9.86. The lowest BCUT2D eigenvalue weighted by Crippen LogP contribution is -2.51. The van der Waals surface area contributed by atoms with Gasteiger partial charge in [0.2, 0.25) is 0 Å². The molecule has 0 bridgehead atoms. The van der Waals surface area contributed by atoms with Gasteiger partial charge in [0.25, 0.3) is 0 Å². The second kappa shape index (κ2) is 4.63. The van der Waals surface area contributed by atoms with Crippen LogP contribution >= 0.6 is 0 Å². The maximum Gasteiger partial charge on any atom is 0.0592 e. The monoisotopic (exact) mass is 199 g/mol. The zero-order valence-electron chi connectivity index (χ0n) is 10.1. The molecule has 1 N–H and O–H groups in total. The normalized spacial score (nSPS) is 30.6. The van der Waals surface area contributed by atoms with Gasteiger partial charge >= 0.3 is 0 Å². The zero-order chi connectivity index (χ0) is 10.8. The lowest BCUT2D eigenvalue weighted by Gasteiger charge is -2.43. The van der Waals surface area contributed by atoms with Gasteiger partial charge in [-0.3, -0.25) is 4.90 Å². The van der Waals surface area contributed by atoms with E-state index < -0.39 is 0 Å². The molecule has 1 aliphatic heterocycles. The maximum atomic E-state index is 9.86. The van der Waals surface area contributed by atoms with Gasteiger partial charge in [-0.2, -0.15) is 0 Å². The van der Waals surface area contributed by atoms with Gasteiger partial charge in [0, 0.05) is 18.6 Å². The molecule has 0 saturated carbocycles. The Labute approximate surface area is 88.3 Å². The molecule has 2 heteroatoms. The van der Waals surface area contributed by atoms with E-state index in [0.717, 1.165) is 25.9 Å². The zero-order valence-corrected chi connectivity index (χ0v) is 10.1. The first-order valence-corrected chi connectivity index (χ1v) is 5.88. The third-order valence-electron chi connectivity index (χ3n) is 3.30. The molecule has 0 aromatic heterocycles. The van der Waals surface area contributed by atoms with Crippen LogP contribution in [0.25, 0.3) is 0 Å². The molecule has 0 spiro atoms. The molecule has 0 aromatic rings. The summed E-state index contributed by atoms with van der Waals surface area (Å²) in [6, 6.07) is 0. The minimum Gasteiger partial charge on any atom is -0.393 e. The summed E-state index contributed by atoms with van der Waals surface area (Å²) in [6.45, 7) is 11.1. The number of hydrogen-bond donors (Lipinski definition) is 1. The molecule has 1 rings (SSSR count). The molecule has 2 atom stereocenters. The number of aliphatic hydroxyl groups excluding tert-OH is 1. The molecule has 0 aromatic carbocycles. The van der Waals surface area contributed by atoms with Crippen molar-refractivity contribution < 1.29 is 5.11 Å². The summed E-state index contributed by atoms with van der Waals surface area (Å²) in [4.78, 5) is 2.50. The highest BCUT2D eigenvalue weighted by atomic mass is 16.3. The first-order chi connectivity index (χ1) is 6.45. The summed E-state index contributed by atoms with van der Waals surface area (Å²) >= 11 is 0. The Hall–Kier alpha value is -0.0800. The second-order valence-electron chi connectivity index (χ2n) is 5.52. The van der Waals surface area contributed by atoms with Crippen molar-refractivity contribution in [2.75, 3.05) is 13.1 Å². The highest BCUT2D eigenvalue weighted by Gasteiger charge is 2.32. The van der Waals surface area contributed by atoms with Gasteiger partial charge in [-0.1, -0.05) is 13.3 Å².